The highest BCUT2D eigenvalue weighted by molar-refractivity contribution is 5.47. The van der Waals surface area contributed by atoms with E-state index in [-0.39, 0.29) is 0 Å². The Morgan fingerprint density at radius 2 is 1.94 bits per heavy atom. The van der Waals surface area contributed by atoms with Crippen molar-refractivity contribution >= 4 is 6.08 Å². The monoisotopic (exact) mass is 218 g/mol. The first-order valence-corrected chi connectivity index (χ1v) is 5.67. The van der Waals surface area contributed by atoms with Crippen molar-refractivity contribution in [3.8, 4) is 0 Å². The zero-order chi connectivity index (χ0) is 11.4. The molecule has 1 aromatic carbocycles. The summed E-state index contributed by atoms with van der Waals surface area (Å²) in [5.74, 6) is 0. The van der Waals surface area contributed by atoms with Crippen LogP contribution in [0.2, 0.25) is 0 Å². The molecule has 2 nitrogen and oxygen atoms in total. The van der Waals surface area contributed by atoms with Gasteiger partial charge in [-0.05, 0) is 24.0 Å². The number of hydrogen-bond acceptors (Lipinski definition) is 2. The molecule has 16 heavy (non-hydrogen) atoms. The average molecular weight is 218 g/mol. The summed E-state index contributed by atoms with van der Waals surface area (Å²) in [7, 11) is 1.76. The van der Waals surface area contributed by atoms with Crippen molar-refractivity contribution in [2.24, 2.45) is 0 Å². The molecule has 0 amide bonds. The van der Waals surface area contributed by atoms with Crippen LogP contribution in [0.15, 0.2) is 30.8 Å². The van der Waals surface area contributed by atoms with Crippen LogP contribution in [0.4, 0.5) is 0 Å². The third-order valence-electron chi connectivity index (χ3n) is 3.09. The maximum atomic E-state index is 5.76. The lowest BCUT2D eigenvalue weighted by atomic mass is 9.92. The van der Waals surface area contributed by atoms with E-state index in [1.165, 1.54) is 5.56 Å². The van der Waals surface area contributed by atoms with Gasteiger partial charge in [0.15, 0.2) is 0 Å². The summed E-state index contributed by atoms with van der Waals surface area (Å²) in [5.41, 5.74) is 2.36. The first-order chi connectivity index (χ1) is 7.81. The van der Waals surface area contributed by atoms with Crippen LogP contribution in [0.1, 0.15) is 24.0 Å². The predicted octanol–water partition coefficient (Wildman–Crippen LogP) is 3.02. The molecule has 0 saturated heterocycles. The van der Waals surface area contributed by atoms with Crippen LogP contribution in [-0.2, 0) is 16.1 Å². The second kappa shape index (κ2) is 5.28. The number of methoxy groups -OCH3 is 1. The molecule has 0 aromatic heterocycles. The Labute approximate surface area is 96.9 Å². The van der Waals surface area contributed by atoms with Crippen LogP contribution in [0.5, 0.6) is 0 Å². The summed E-state index contributed by atoms with van der Waals surface area (Å²) in [6, 6.07) is 8.29. The normalized spacial score (nSPS) is 23.8. The molecule has 0 bridgehead atoms. The minimum absolute atomic E-state index is 0.379. The summed E-state index contributed by atoms with van der Waals surface area (Å²) >= 11 is 0. The number of benzene rings is 1. The van der Waals surface area contributed by atoms with Gasteiger partial charge in [0, 0.05) is 7.11 Å². The molecule has 0 aliphatic heterocycles. The van der Waals surface area contributed by atoms with E-state index in [1.807, 2.05) is 6.08 Å². The molecule has 1 aliphatic carbocycles. The van der Waals surface area contributed by atoms with E-state index in [9.17, 15) is 0 Å². The van der Waals surface area contributed by atoms with Gasteiger partial charge in [-0.15, -0.1) is 0 Å². The van der Waals surface area contributed by atoms with E-state index in [4.69, 9.17) is 9.47 Å². The van der Waals surface area contributed by atoms with Crippen LogP contribution in [-0.4, -0.2) is 19.3 Å². The lowest BCUT2D eigenvalue weighted by molar-refractivity contribution is -0.0928. The Balaban J connectivity index is 1.75. The fraction of sp³-hybridized carbons (Fsp3) is 0.429. The molecular formula is C14H18O2. The lowest BCUT2D eigenvalue weighted by Crippen LogP contribution is -2.36. The maximum Gasteiger partial charge on any atom is 0.0720 e. The lowest BCUT2D eigenvalue weighted by Gasteiger charge is -2.33. The summed E-state index contributed by atoms with van der Waals surface area (Å²) in [5, 5.41) is 0. The minimum atomic E-state index is 0.379. The molecule has 0 radical (unpaired) electrons. The molecule has 0 atom stereocenters. The Hall–Kier alpha value is -1.12. The second-order valence-electron chi connectivity index (χ2n) is 4.21. The van der Waals surface area contributed by atoms with Crippen molar-refractivity contribution in [3.63, 3.8) is 0 Å². The molecule has 86 valence electrons. The van der Waals surface area contributed by atoms with Crippen molar-refractivity contribution < 1.29 is 9.47 Å². The quantitative estimate of drug-likeness (QED) is 0.756. The third-order valence-corrected chi connectivity index (χ3v) is 3.09. The van der Waals surface area contributed by atoms with Gasteiger partial charge in [0.2, 0.25) is 0 Å². The molecule has 1 fully saturated rings. The SMILES string of the molecule is C=Cc1ccc(COC2CC(OC)C2)cc1. The molecule has 0 N–H and O–H groups in total. The smallest absolute Gasteiger partial charge is 0.0720 e. The Morgan fingerprint density at radius 1 is 1.25 bits per heavy atom. The van der Waals surface area contributed by atoms with E-state index < -0.39 is 0 Å². The first-order valence-electron chi connectivity index (χ1n) is 5.67. The molecule has 2 rings (SSSR count). The van der Waals surface area contributed by atoms with E-state index in [2.05, 4.69) is 30.8 Å². The summed E-state index contributed by atoms with van der Waals surface area (Å²) in [4.78, 5) is 0. The van der Waals surface area contributed by atoms with Gasteiger partial charge < -0.3 is 9.47 Å². The van der Waals surface area contributed by atoms with Crippen molar-refractivity contribution in [2.45, 2.75) is 31.7 Å². The molecule has 2 heteroatoms. The highest BCUT2D eigenvalue weighted by Gasteiger charge is 2.29. The van der Waals surface area contributed by atoms with Crippen LogP contribution in [0, 0.1) is 0 Å². The zero-order valence-corrected chi connectivity index (χ0v) is 9.69. The molecule has 0 spiro atoms. The fourth-order valence-electron chi connectivity index (χ4n) is 1.81. The number of ether oxygens (including phenoxy) is 2. The summed E-state index contributed by atoms with van der Waals surface area (Å²) in [6.45, 7) is 4.42. The topological polar surface area (TPSA) is 18.5 Å². The van der Waals surface area contributed by atoms with Gasteiger partial charge >= 0.3 is 0 Å². The molecular weight excluding hydrogens is 200 g/mol. The third kappa shape index (κ3) is 2.71. The van der Waals surface area contributed by atoms with Gasteiger partial charge in [-0.25, -0.2) is 0 Å². The molecule has 1 saturated carbocycles. The van der Waals surface area contributed by atoms with Crippen molar-refractivity contribution in [1.29, 1.82) is 0 Å². The molecule has 0 unspecified atom stereocenters. The highest BCUT2D eigenvalue weighted by Crippen LogP contribution is 2.26. The number of rotatable bonds is 5. The van der Waals surface area contributed by atoms with Gasteiger partial charge in [0.1, 0.15) is 0 Å². The summed E-state index contributed by atoms with van der Waals surface area (Å²) < 4.78 is 11.0. The van der Waals surface area contributed by atoms with E-state index in [0.29, 0.717) is 18.8 Å². The number of hydrogen-bond donors (Lipinski definition) is 0. The van der Waals surface area contributed by atoms with Crippen molar-refractivity contribution in [3.05, 3.63) is 42.0 Å². The van der Waals surface area contributed by atoms with Gasteiger partial charge in [-0.1, -0.05) is 36.9 Å². The van der Waals surface area contributed by atoms with E-state index in [0.717, 1.165) is 18.4 Å². The van der Waals surface area contributed by atoms with Gasteiger partial charge in [0.05, 0.1) is 18.8 Å². The van der Waals surface area contributed by atoms with Gasteiger partial charge in [-0.2, -0.15) is 0 Å². The fourth-order valence-corrected chi connectivity index (χ4v) is 1.81. The van der Waals surface area contributed by atoms with Gasteiger partial charge in [-0.3, -0.25) is 0 Å². The largest absolute Gasteiger partial charge is 0.381 e. The van der Waals surface area contributed by atoms with Crippen molar-refractivity contribution in [1.82, 2.24) is 0 Å². The Kier molecular flexibility index (Phi) is 3.75. The average Bonchev–Trinajstić information content (AvgIpc) is 2.28. The standard InChI is InChI=1S/C14H18O2/c1-3-11-4-6-12(7-5-11)10-16-14-8-13(9-14)15-2/h3-7,13-14H,1,8-10H2,2H3. The van der Waals surface area contributed by atoms with Crippen molar-refractivity contribution in [2.75, 3.05) is 7.11 Å². The van der Waals surface area contributed by atoms with Crippen LogP contribution in [0.25, 0.3) is 6.08 Å². The zero-order valence-electron chi connectivity index (χ0n) is 9.69. The van der Waals surface area contributed by atoms with Crippen LogP contribution in [0.3, 0.4) is 0 Å². The Bertz CT molecular complexity index is 336. The molecule has 1 aliphatic rings. The van der Waals surface area contributed by atoms with E-state index in [1.54, 1.807) is 7.11 Å². The minimum Gasteiger partial charge on any atom is -0.381 e. The van der Waals surface area contributed by atoms with E-state index >= 15 is 0 Å². The highest BCUT2D eigenvalue weighted by atomic mass is 16.5. The first kappa shape index (κ1) is 11.4. The predicted molar refractivity (Wildman–Crippen MR) is 65.1 cm³/mol. The maximum absolute atomic E-state index is 5.76. The molecule has 0 heterocycles. The molecule has 1 aromatic rings. The summed E-state index contributed by atoms with van der Waals surface area (Å²) in [6.07, 6.45) is 4.69. The van der Waals surface area contributed by atoms with Gasteiger partial charge in [0.25, 0.3) is 0 Å². The Morgan fingerprint density at radius 3 is 2.50 bits per heavy atom. The van der Waals surface area contributed by atoms with Crippen LogP contribution < -0.4 is 0 Å². The second-order valence-corrected chi connectivity index (χ2v) is 4.21. The van der Waals surface area contributed by atoms with Crippen LogP contribution >= 0.6 is 0 Å².